The maximum absolute atomic E-state index is 14.3. The Bertz CT molecular complexity index is 1500. The molecule has 2 aliphatic heterocycles. The molecular formula is C32H25BrN2O4. The molecule has 3 aromatic carbocycles. The molecule has 7 heteroatoms. The van der Waals surface area contributed by atoms with E-state index in [9.17, 15) is 19.2 Å². The van der Waals surface area contributed by atoms with Gasteiger partial charge in [0.2, 0.25) is 23.6 Å². The number of hydrogen-bond donors (Lipinski definition) is 0. The van der Waals surface area contributed by atoms with Crippen LogP contribution in [0.2, 0.25) is 0 Å². The number of anilines is 2. The van der Waals surface area contributed by atoms with Crippen molar-refractivity contribution in [1.29, 1.82) is 0 Å². The highest BCUT2D eigenvalue weighted by atomic mass is 79.9. The lowest BCUT2D eigenvalue weighted by Gasteiger charge is -2.53. The fourth-order valence-electron chi connectivity index (χ4n) is 7.39. The molecule has 0 spiro atoms. The molecule has 8 rings (SSSR count). The lowest BCUT2D eigenvalue weighted by atomic mass is 9.45. The van der Waals surface area contributed by atoms with Crippen LogP contribution in [0.25, 0.3) is 0 Å². The van der Waals surface area contributed by atoms with Gasteiger partial charge in [0.1, 0.15) is 0 Å². The van der Waals surface area contributed by atoms with Gasteiger partial charge in [-0.15, -0.1) is 0 Å². The van der Waals surface area contributed by atoms with Crippen LogP contribution in [-0.2, 0) is 24.6 Å². The lowest BCUT2D eigenvalue weighted by molar-refractivity contribution is -0.140. The van der Waals surface area contributed by atoms with Crippen LogP contribution in [-0.4, -0.2) is 23.6 Å². The standard InChI is InChI=1S/C32H25BrN2O4/c1-17-3-11-21(12-4-17)34-28(36)24-23-15-16-32(26(24)30(34)38,19-7-9-20(33)10-8-19)27-25(23)29(37)35(31(27)39)22-13-5-18(2)6-14-22/h3-16,23-27H,1-2H3. The molecule has 2 saturated heterocycles. The van der Waals surface area contributed by atoms with Gasteiger partial charge in [0, 0.05) is 15.8 Å². The summed E-state index contributed by atoms with van der Waals surface area (Å²) in [4.78, 5) is 59.3. The summed E-state index contributed by atoms with van der Waals surface area (Å²) in [5.41, 5.74) is 2.68. The van der Waals surface area contributed by atoms with E-state index in [1.54, 1.807) is 24.3 Å². The van der Waals surface area contributed by atoms with Crippen molar-refractivity contribution < 1.29 is 19.2 Å². The summed E-state index contributed by atoms with van der Waals surface area (Å²) in [5.74, 6) is -4.86. The van der Waals surface area contributed by atoms with Gasteiger partial charge in [-0.2, -0.15) is 0 Å². The van der Waals surface area contributed by atoms with Gasteiger partial charge in [-0.25, -0.2) is 9.80 Å². The molecule has 5 aliphatic rings. The molecule has 2 heterocycles. The van der Waals surface area contributed by atoms with Gasteiger partial charge in [0.25, 0.3) is 0 Å². The van der Waals surface area contributed by atoms with Crippen molar-refractivity contribution in [2.45, 2.75) is 19.3 Å². The number of aryl methyl sites for hydroxylation is 2. The van der Waals surface area contributed by atoms with E-state index in [4.69, 9.17) is 0 Å². The van der Waals surface area contributed by atoms with Crippen LogP contribution in [0.3, 0.4) is 0 Å². The second-order valence-corrected chi connectivity index (χ2v) is 12.0. The van der Waals surface area contributed by atoms with Gasteiger partial charge in [0.15, 0.2) is 0 Å². The third-order valence-electron chi connectivity index (χ3n) is 9.08. The van der Waals surface area contributed by atoms with Gasteiger partial charge >= 0.3 is 0 Å². The zero-order valence-electron chi connectivity index (χ0n) is 21.4. The molecule has 194 valence electrons. The van der Waals surface area contributed by atoms with E-state index < -0.39 is 35.0 Å². The van der Waals surface area contributed by atoms with E-state index in [2.05, 4.69) is 15.9 Å². The maximum atomic E-state index is 14.3. The zero-order chi connectivity index (χ0) is 27.2. The maximum Gasteiger partial charge on any atom is 0.238 e. The number of amides is 4. The van der Waals surface area contributed by atoms with Crippen LogP contribution in [0.15, 0.2) is 89.4 Å². The Kier molecular flexibility index (Phi) is 5.17. The molecular weight excluding hydrogens is 556 g/mol. The van der Waals surface area contributed by atoms with E-state index >= 15 is 0 Å². The first kappa shape index (κ1) is 24.2. The molecule has 0 N–H and O–H groups in total. The van der Waals surface area contributed by atoms with Crippen molar-refractivity contribution in [3.8, 4) is 0 Å². The van der Waals surface area contributed by atoms with Crippen molar-refractivity contribution in [2.75, 3.05) is 9.80 Å². The molecule has 1 saturated carbocycles. The molecule has 3 aliphatic carbocycles. The van der Waals surface area contributed by atoms with Crippen LogP contribution in [0.4, 0.5) is 11.4 Å². The fraction of sp³-hybridized carbons (Fsp3) is 0.250. The Hall–Kier alpha value is -3.84. The van der Waals surface area contributed by atoms with Gasteiger partial charge < -0.3 is 0 Å². The molecule has 0 radical (unpaired) electrons. The van der Waals surface area contributed by atoms with Crippen molar-refractivity contribution in [2.24, 2.45) is 29.6 Å². The number of benzene rings is 3. The second-order valence-electron chi connectivity index (χ2n) is 11.1. The highest BCUT2D eigenvalue weighted by Crippen LogP contribution is 2.65. The predicted octanol–water partition coefficient (Wildman–Crippen LogP) is 5.11. The van der Waals surface area contributed by atoms with E-state index in [-0.39, 0.29) is 23.6 Å². The number of carbonyl (C=O) groups is 4. The van der Waals surface area contributed by atoms with Crippen LogP contribution >= 0.6 is 15.9 Å². The average molecular weight is 581 g/mol. The summed E-state index contributed by atoms with van der Waals surface area (Å²) >= 11 is 3.49. The Labute approximate surface area is 234 Å². The zero-order valence-corrected chi connectivity index (χ0v) is 23.0. The quantitative estimate of drug-likeness (QED) is 0.318. The number of rotatable bonds is 3. The second kappa shape index (κ2) is 8.33. The summed E-state index contributed by atoms with van der Waals surface area (Å²) in [5, 5.41) is 0. The summed E-state index contributed by atoms with van der Waals surface area (Å²) in [6, 6.07) is 22.1. The van der Waals surface area contributed by atoms with Gasteiger partial charge in [0.05, 0.1) is 35.0 Å². The van der Waals surface area contributed by atoms with Crippen molar-refractivity contribution >= 4 is 50.9 Å². The van der Waals surface area contributed by atoms with Crippen molar-refractivity contribution in [3.63, 3.8) is 0 Å². The first-order chi connectivity index (χ1) is 18.7. The summed E-state index contributed by atoms with van der Waals surface area (Å²) in [7, 11) is 0. The van der Waals surface area contributed by atoms with Crippen molar-refractivity contribution in [1.82, 2.24) is 0 Å². The van der Waals surface area contributed by atoms with Gasteiger partial charge in [-0.1, -0.05) is 75.6 Å². The molecule has 3 fully saturated rings. The smallest absolute Gasteiger partial charge is 0.238 e. The van der Waals surface area contributed by atoms with Crippen LogP contribution in [0.1, 0.15) is 16.7 Å². The van der Waals surface area contributed by atoms with Gasteiger partial charge in [-0.05, 0) is 55.8 Å². The lowest BCUT2D eigenvalue weighted by Crippen LogP contribution is -2.60. The number of carbonyl (C=O) groups excluding carboxylic acids is 4. The normalized spacial score (nSPS) is 30.8. The van der Waals surface area contributed by atoms with E-state index in [1.807, 2.05) is 74.5 Å². The largest absolute Gasteiger partial charge is 0.274 e. The minimum absolute atomic E-state index is 0.308. The summed E-state index contributed by atoms with van der Waals surface area (Å²) in [6.07, 6.45) is 3.86. The SMILES string of the molecule is Cc1ccc(N2C(=O)C3C4C=CC(c5ccc(Br)cc5)(C3C2=O)C2C(=O)N(c3ccc(C)cc3)C(=O)C42)cc1. The minimum atomic E-state index is -1.14. The Morgan fingerprint density at radius 2 is 1.05 bits per heavy atom. The Balaban J connectivity index is 1.43. The Morgan fingerprint density at radius 3 is 1.49 bits per heavy atom. The van der Waals surface area contributed by atoms with E-state index in [1.165, 1.54) is 9.80 Å². The number of allylic oxidation sites excluding steroid dienone is 2. The van der Waals surface area contributed by atoms with E-state index in [0.717, 1.165) is 21.2 Å². The average Bonchev–Trinajstić information content (AvgIpc) is 3.37. The first-order valence-corrected chi connectivity index (χ1v) is 13.9. The van der Waals surface area contributed by atoms with Crippen LogP contribution in [0, 0.1) is 43.4 Å². The summed E-state index contributed by atoms with van der Waals surface area (Å²) < 4.78 is 0.856. The fourth-order valence-corrected chi connectivity index (χ4v) is 7.65. The molecule has 4 unspecified atom stereocenters. The molecule has 4 atom stereocenters. The highest BCUT2D eigenvalue weighted by Gasteiger charge is 2.75. The number of nitrogens with zero attached hydrogens (tertiary/aromatic N) is 2. The highest BCUT2D eigenvalue weighted by molar-refractivity contribution is 9.10. The summed E-state index contributed by atoms with van der Waals surface area (Å²) in [6.45, 7) is 3.89. The van der Waals surface area contributed by atoms with E-state index in [0.29, 0.717) is 11.4 Å². The third kappa shape index (κ3) is 3.13. The monoisotopic (exact) mass is 580 g/mol. The van der Waals surface area contributed by atoms with Crippen LogP contribution in [0.5, 0.6) is 0 Å². The molecule has 3 aromatic rings. The molecule has 4 amide bonds. The molecule has 39 heavy (non-hydrogen) atoms. The number of halogens is 1. The minimum Gasteiger partial charge on any atom is -0.274 e. The molecule has 6 nitrogen and oxygen atoms in total. The van der Waals surface area contributed by atoms with Gasteiger partial charge in [-0.3, -0.25) is 19.2 Å². The number of hydrogen-bond acceptors (Lipinski definition) is 4. The molecule has 2 bridgehead atoms. The number of imide groups is 2. The third-order valence-corrected chi connectivity index (χ3v) is 9.61. The van der Waals surface area contributed by atoms with Crippen molar-refractivity contribution in [3.05, 3.63) is 106 Å². The molecule has 0 aromatic heterocycles. The Morgan fingerprint density at radius 1 is 0.615 bits per heavy atom. The first-order valence-electron chi connectivity index (χ1n) is 13.1. The van der Waals surface area contributed by atoms with Crippen LogP contribution < -0.4 is 9.80 Å². The predicted molar refractivity (Wildman–Crippen MR) is 150 cm³/mol. The topological polar surface area (TPSA) is 74.8 Å².